The van der Waals surface area contributed by atoms with Crippen molar-refractivity contribution in [2.45, 2.75) is 0 Å². The third-order valence-electron chi connectivity index (χ3n) is 1.46. The van der Waals surface area contributed by atoms with E-state index in [0.717, 1.165) is 6.20 Å². The number of amides is 1. The lowest BCUT2D eigenvalue weighted by atomic mass is 10.2. The van der Waals surface area contributed by atoms with E-state index in [1.807, 2.05) is 0 Å². The van der Waals surface area contributed by atoms with Gasteiger partial charge in [-0.05, 0) is 0 Å². The van der Waals surface area contributed by atoms with E-state index in [1.54, 1.807) is 0 Å². The Labute approximate surface area is 78.9 Å². The molecule has 1 aromatic rings. The molecule has 0 spiro atoms. The van der Waals surface area contributed by atoms with Crippen molar-refractivity contribution in [1.29, 1.82) is 0 Å². The van der Waals surface area contributed by atoms with Crippen molar-refractivity contribution in [1.82, 2.24) is 10.3 Å². The van der Waals surface area contributed by atoms with Gasteiger partial charge in [-0.15, -0.1) is 0 Å². The number of carbonyl (C=O) groups is 1. The number of nitrogen functional groups attached to an aromatic ring is 1. The third-order valence-corrected chi connectivity index (χ3v) is 1.72. The van der Waals surface area contributed by atoms with E-state index in [0.29, 0.717) is 0 Å². The summed E-state index contributed by atoms with van der Waals surface area (Å²) in [6, 6.07) is 0. The summed E-state index contributed by atoms with van der Waals surface area (Å²) < 4.78 is 13.2. The van der Waals surface area contributed by atoms with Gasteiger partial charge in [-0.2, -0.15) is 0 Å². The zero-order valence-electron chi connectivity index (χ0n) is 6.77. The van der Waals surface area contributed by atoms with Crippen LogP contribution in [0.15, 0.2) is 6.20 Å². The smallest absolute Gasteiger partial charge is 0.256 e. The molecule has 0 aliphatic heterocycles. The molecule has 6 heteroatoms. The van der Waals surface area contributed by atoms with Gasteiger partial charge in [0.1, 0.15) is 5.56 Å². The first-order chi connectivity index (χ1) is 6.07. The second-order valence-electron chi connectivity index (χ2n) is 2.27. The average Bonchev–Trinajstić information content (AvgIpc) is 2.12. The Hall–Kier alpha value is -1.36. The molecule has 0 saturated heterocycles. The van der Waals surface area contributed by atoms with E-state index in [1.165, 1.54) is 7.05 Å². The van der Waals surface area contributed by atoms with Crippen molar-refractivity contribution < 1.29 is 9.18 Å². The summed E-state index contributed by atoms with van der Waals surface area (Å²) >= 11 is 5.37. The molecule has 4 nitrogen and oxygen atoms in total. The first-order valence-electron chi connectivity index (χ1n) is 3.39. The highest BCUT2D eigenvalue weighted by molar-refractivity contribution is 6.30. The molecule has 0 aliphatic rings. The summed E-state index contributed by atoms with van der Waals surface area (Å²) in [4.78, 5) is 14.5. The van der Waals surface area contributed by atoms with Gasteiger partial charge in [0.25, 0.3) is 5.91 Å². The molecule has 1 aromatic heterocycles. The van der Waals surface area contributed by atoms with E-state index in [-0.39, 0.29) is 16.4 Å². The number of nitrogens with two attached hydrogens (primary N) is 1. The second kappa shape index (κ2) is 3.57. The molecular formula is C7H7ClFN3O. The van der Waals surface area contributed by atoms with Gasteiger partial charge in [0.05, 0.1) is 11.9 Å². The zero-order chi connectivity index (χ0) is 10.0. The topological polar surface area (TPSA) is 68.0 Å². The van der Waals surface area contributed by atoms with Crippen molar-refractivity contribution in [3.63, 3.8) is 0 Å². The van der Waals surface area contributed by atoms with Crippen LogP contribution in [0.5, 0.6) is 0 Å². The first-order valence-corrected chi connectivity index (χ1v) is 3.77. The number of nitrogens with zero attached hydrogens (tertiary/aromatic N) is 1. The largest absolute Gasteiger partial charge is 0.397 e. The SMILES string of the molecule is CNC(=O)c1c(N)cnc(Cl)c1F. The average molecular weight is 204 g/mol. The zero-order valence-corrected chi connectivity index (χ0v) is 7.52. The van der Waals surface area contributed by atoms with Crippen molar-refractivity contribution in [2.24, 2.45) is 0 Å². The van der Waals surface area contributed by atoms with Crippen LogP contribution in [0.2, 0.25) is 5.15 Å². The van der Waals surface area contributed by atoms with Crippen LogP contribution in [0, 0.1) is 5.82 Å². The quantitative estimate of drug-likeness (QED) is 0.664. The highest BCUT2D eigenvalue weighted by Gasteiger charge is 2.17. The minimum atomic E-state index is -0.902. The minimum absolute atomic E-state index is 0.0405. The van der Waals surface area contributed by atoms with Crippen molar-refractivity contribution >= 4 is 23.2 Å². The minimum Gasteiger partial charge on any atom is -0.397 e. The molecule has 0 radical (unpaired) electrons. The molecule has 13 heavy (non-hydrogen) atoms. The predicted octanol–water partition coefficient (Wildman–Crippen LogP) is 0.816. The molecule has 0 fully saturated rings. The van der Waals surface area contributed by atoms with Gasteiger partial charge in [-0.3, -0.25) is 4.79 Å². The van der Waals surface area contributed by atoms with Gasteiger partial charge < -0.3 is 11.1 Å². The normalized spacial score (nSPS) is 9.77. The van der Waals surface area contributed by atoms with Crippen LogP contribution in [0.4, 0.5) is 10.1 Å². The fraction of sp³-hybridized carbons (Fsp3) is 0.143. The molecule has 0 bridgehead atoms. The van der Waals surface area contributed by atoms with Crippen molar-refractivity contribution in [3.05, 3.63) is 22.7 Å². The third kappa shape index (κ3) is 1.70. The summed E-state index contributed by atoms with van der Waals surface area (Å²) in [5.74, 6) is -1.53. The van der Waals surface area contributed by atoms with Crippen LogP contribution in [0.1, 0.15) is 10.4 Å². The maximum atomic E-state index is 13.2. The number of hydrogen-bond acceptors (Lipinski definition) is 3. The molecule has 0 aromatic carbocycles. The lowest BCUT2D eigenvalue weighted by Crippen LogP contribution is -2.21. The highest BCUT2D eigenvalue weighted by Crippen LogP contribution is 2.20. The molecule has 0 unspecified atom stereocenters. The molecule has 3 N–H and O–H groups in total. The summed E-state index contributed by atoms with van der Waals surface area (Å²) in [6.07, 6.45) is 1.13. The number of pyridine rings is 1. The molecule has 0 atom stereocenters. The van der Waals surface area contributed by atoms with E-state index in [9.17, 15) is 9.18 Å². The molecule has 1 rings (SSSR count). The summed E-state index contributed by atoms with van der Waals surface area (Å²) in [5, 5.41) is 1.88. The van der Waals surface area contributed by atoms with Crippen LogP contribution in [-0.2, 0) is 0 Å². The number of nitrogens with one attached hydrogen (secondary N) is 1. The first kappa shape index (κ1) is 9.73. The summed E-state index contributed by atoms with van der Waals surface area (Å²) in [6.45, 7) is 0. The summed E-state index contributed by atoms with van der Waals surface area (Å²) in [7, 11) is 1.37. The van der Waals surface area contributed by atoms with Crippen LogP contribution in [-0.4, -0.2) is 17.9 Å². The van der Waals surface area contributed by atoms with Crippen LogP contribution >= 0.6 is 11.6 Å². The lowest BCUT2D eigenvalue weighted by Gasteiger charge is -2.05. The number of rotatable bonds is 1. The lowest BCUT2D eigenvalue weighted by molar-refractivity contribution is 0.0960. The van der Waals surface area contributed by atoms with Gasteiger partial charge in [-0.25, -0.2) is 9.37 Å². The van der Waals surface area contributed by atoms with Crippen molar-refractivity contribution in [2.75, 3.05) is 12.8 Å². The standard InChI is InChI=1S/C7H7ClFN3O/c1-11-7(13)4-3(10)2-12-6(8)5(4)9/h2H,10H2,1H3,(H,11,13). The van der Waals surface area contributed by atoms with Gasteiger partial charge in [0.15, 0.2) is 11.0 Å². The Morgan fingerprint density at radius 1 is 1.77 bits per heavy atom. The van der Waals surface area contributed by atoms with Crippen LogP contribution in [0.3, 0.4) is 0 Å². The highest BCUT2D eigenvalue weighted by atomic mass is 35.5. The Morgan fingerprint density at radius 3 is 2.92 bits per heavy atom. The second-order valence-corrected chi connectivity index (χ2v) is 2.63. The Kier molecular flexibility index (Phi) is 2.67. The molecular weight excluding hydrogens is 197 g/mol. The number of anilines is 1. The van der Waals surface area contributed by atoms with Crippen molar-refractivity contribution in [3.8, 4) is 0 Å². The number of aromatic nitrogens is 1. The predicted molar refractivity (Wildman–Crippen MR) is 47.0 cm³/mol. The van der Waals surface area contributed by atoms with Gasteiger partial charge in [-0.1, -0.05) is 11.6 Å². The number of hydrogen-bond donors (Lipinski definition) is 2. The fourth-order valence-electron chi connectivity index (χ4n) is 0.833. The van der Waals surface area contributed by atoms with Gasteiger partial charge in [0, 0.05) is 7.05 Å². The van der Waals surface area contributed by atoms with Crippen LogP contribution in [0.25, 0.3) is 0 Å². The molecule has 1 amide bonds. The molecule has 0 saturated carbocycles. The number of halogens is 2. The van der Waals surface area contributed by atoms with Gasteiger partial charge >= 0.3 is 0 Å². The number of carbonyl (C=O) groups excluding carboxylic acids is 1. The molecule has 0 aliphatic carbocycles. The Balaban J connectivity index is 3.33. The fourth-order valence-corrected chi connectivity index (χ4v) is 0.976. The van der Waals surface area contributed by atoms with Crippen LogP contribution < -0.4 is 11.1 Å². The van der Waals surface area contributed by atoms with E-state index in [4.69, 9.17) is 17.3 Å². The molecule has 1 heterocycles. The van der Waals surface area contributed by atoms with E-state index in [2.05, 4.69) is 10.3 Å². The molecule has 70 valence electrons. The maximum Gasteiger partial charge on any atom is 0.256 e. The monoisotopic (exact) mass is 203 g/mol. The van der Waals surface area contributed by atoms with E-state index < -0.39 is 11.7 Å². The summed E-state index contributed by atoms with van der Waals surface area (Å²) in [5.41, 5.74) is 5.03. The van der Waals surface area contributed by atoms with Gasteiger partial charge in [0.2, 0.25) is 0 Å². The van der Waals surface area contributed by atoms with E-state index >= 15 is 0 Å². The Bertz CT molecular complexity index is 356. The Morgan fingerprint density at radius 2 is 2.38 bits per heavy atom. The maximum absolute atomic E-state index is 13.2.